The number of carbonyl (C=O) groups is 1. The van der Waals surface area contributed by atoms with Crippen LogP contribution in [0.3, 0.4) is 0 Å². The van der Waals surface area contributed by atoms with Crippen molar-refractivity contribution in [3.63, 3.8) is 0 Å². The third kappa shape index (κ3) is 4.61. The van der Waals surface area contributed by atoms with E-state index in [-0.39, 0.29) is 17.9 Å². The van der Waals surface area contributed by atoms with E-state index in [0.717, 1.165) is 57.2 Å². The average molecular weight is 401 g/mol. The first-order chi connectivity index (χ1) is 14.1. The number of benzene rings is 1. The molecule has 4 rings (SSSR count). The minimum Gasteiger partial charge on any atom is -0.497 e. The van der Waals surface area contributed by atoms with Crippen LogP contribution in [0.15, 0.2) is 24.3 Å². The Morgan fingerprint density at radius 3 is 2.55 bits per heavy atom. The van der Waals surface area contributed by atoms with Crippen molar-refractivity contribution >= 4 is 5.91 Å². The van der Waals surface area contributed by atoms with Gasteiger partial charge in [-0.05, 0) is 49.8 Å². The van der Waals surface area contributed by atoms with Crippen LogP contribution in [0.1, 0.15) is 75.8 Å². The summed E-state index contributed by atoms with van der Waals surface area (Å²) in [4.78, 5) is 15.2. The van der Waals surface area contributed by atoms with Crippen molar-refractivity contribution in [2.45, 2.75) is 81.9 Å². The maximum atomic E-state index is 12.9. The van der Waals surface area contributed by atoms with Crippen molar-refractivity contribution in [3.8, 4) is 5.75 Å². The molecule has 3 fully saturated rings. The molecule has 1 aromatic carbocycles. The second kappa shape index (κ2) is 9.05. The summed E-state index contributed by atoms with van der Waals surface area (Å²) < 4.78 is 5.33. The number of nitrogens with zero attached hydrogens (tertiary/aromatic N) is 1. The normalized spacial score (nSPS) is 31.1. The molecule has 1 amide bonds. The number of fused-ring (bicyclic) bond motifs is 1. The molecule has 0 radical (unpaired) electrons. The molecule has 29 heavy (non-hydrogen) atoms. The summed E-state index contributed by atoms with van der Waals surface area (Å²) in [6, 6.07) is 8.62. The maximum absolute atomic E-state index is 12.9. The van der Waals surface area contributed by atoms with Crippen LogP contribution >= 0.6 is 0 Å². The molecule has 3 atom stereocenters. The van der Waals surface area contributed by atoms with E-state index in [0.29, 0.717) is 12.6 Å². The van der Waals surface area contributed by atoms with E-state index in [1.165, 1.54) is 24.8 Å². The van der Waals surface area contributed by atoms with Crippen molar-refractivity contribution in [2.24, 2.45) is 5.92 Å². The molecule has 0 aromatic heterocycles. The smallest absolute Gasteiger partial charge is 0.234 e. The predicted molar refractivity (Wildman–Crippen MR) is 114 cm³/mol. The fourth-order valence-electron chi connectivity index (χ4n) is 5.87. The van der Waals surface area contributed by atoms with Gasteiger partial charge in [0, 0.05) is 24.5 Å². The molecule has 5 nitrogen and oxygen atoms in total. The highest BCUT2D eigenvalue weighted by Crippen LogP contribution is 2.49. The summed E-state index contributed by atoms with van der Waals surface area (Å²) >= 11 is 0. The van der Waals surface area contributed by atoms with Gasteiger partial charge in [-0.1, -0.05) is 44.2 Å². The summed E-state index contributed by atoms with van der Waals surface area (Å²) in [5, 5.41) is 14.7. The van der Waals surface area contributed by atoms with Crippen LogP contribution in [-0.2, 0) is 4.79 Å². The van der Waals surface area contributed by atoms with Crippen LogP contribution in [0, 0.1) is 5.92 Å². The molecule has 0 bridgehead atoms. The van der Waals surface area contributed by atoms with Gasteiger partial charge in [0.15, 0.2) is 0 Å². The quantitative estimate of drug-likeness (QED) is 0.789. The lowest BCUT2D eigenvalue weighted by Crippen LogP contribution is -2.56. The zero-order chi connectivity index (χ0) is 20.3. The number of ether oxygens (including phenoxy) is 1. The molecule has 1 heterocycles. The number of rotatable bonds is 5. The number of aliphatic hydroxyl groups is 1. The van der Waals surface area contributed by atoms with Crippen molar-refractivity contribution in [2.75, 3.05) is 20.2 Å². The van der Waals surface area contributed by atoms with E-state index in [9.17, 15) is 9.90 Å². The lowest BCUT2D eigenvalue weighted by molar-refractivity contribution is -0.138. The van der Waals surface area contributed by atoms with Crippen LogP contribution in [0.25, 0.3) is 0 Å². The Labute approximate surface area is 174 Å². The van der Waals surface area contributed by atoms with Crippen molar-refractivity contribution in [3.05, 3.63) is 29.8 Å². The molecule has 0 unspecified atom stereocenters. The van der Waals surface area contributed by atoms with E-state index >= 15 is 0 Å². The number of amides is 1. The minimum atomic E-state index is -0.598. The van der Waals surface area contributed by atoms with Gasteiger partial charge in [0.1, 0.15) is 5.75 Å². The molecule has 5 heteroatoms. The van der Waals surface area contributed by atoms with Gasteiger partial charge in [0.2, 0.25) is 5.91 Å². The zero-order valence-corrected chi connectivity index (χ0v) is 17.7. The molecule has 2 aliphatic carbocycles. The summed E-state index contributed by atoms with van der Waals surface area (Å²) in [6.45, 7) is 1.18. The predicted octanol–water partition coefficient (Wildman–Crippen LogP) is 3.81. The molecule has 2 N–H and O–H groups in total. The lowest BCUT2D eigenvalue weighted by atomic mass is 9.66. The first-order valence-corrected chi connectivity index (χ1v) is 11.5. The second-order valence-corrected chi connectivity index (χ2v) is 9.30. The highest BCUT2D eigenvalue weighted by atomic mass is 16.5. The second-order valence-electron chi connectivity index (χ2n) is 9.30. The summed E-state index contributed by atoms with van der Waals surface area (Å²) in [7, 11) is 1.68. The van der Waals surface area contributed by atoms with Gasteiger partial charge < -0.3 is 15.2 Å². The molecule has 3 aliphatic rings. The third-order valence-electron chi connectivity index (χ3n) is 7.45. The highest BCUT2D eigenvalue weighted by Gasteiger charge is 2.49. The molecule has 1 aromatic rings. The van der Waals surface area contributed by atoms with Crippen LogP contribution < -0.4 is 10.1 Å². The Bertz CT molecular complexity index is 686. The standard InChI is InChI=1S/C24H36N2O3/c1-29-20-12-10-18(11-13-20)23-21-9-5-6-14-24(21,28)15-16-26(23)17-22(27)25-19-7-3-2-4-8-19/h10-13,19,21,23,28H,2-9,14-17H2,1H3,(H,25,27)/t21-,23-,24-/m0/s1. The Kier molecular flexibility index (Phi) is 6.45. The minimum absolute atomic E-state index is 0.0806. The number of nitrogens with one attached hydrogen (secondary N) is 1. The largest absolute Gasteiger partial charge is 0.497 e. The van der Waals surface area contributed by atoms with Gasteiger partial charge in [-0.15, -0.1) is 0 Å². The fraction of sp³-hybridized carbons (Fsp3) is 0.708. The van der Waals surface area contributed by atoms with Crippen molar-refractivity contribution in [1.82, 2.24) is 10.2 Å². The maximum Gasteiger partial charge on any atom is 0.234 e. The van der Waals surface area contributed by atoms with Crippen LogP contribution in [0.2, 0.25) is 0 Å². The number of piperidine rings is 1. The summed E-state index contributed by atoms with van der Waals surface area (Å²) in [6.07, 6.45) is 10.9. The van der Waals surface area contributed by atoms with E-state index in [4.69, 9.17) is 4.74 Å². The molecule has 1 saturated heterocycles. The van der Waals surface area contributed by atoms with Gasteiger partial charge in [-0.3, -0.25) is 9.69 Å². The number of carbonyl (C=O) groups excluding carboxylic acids is 1. The topological polar surface area (TPSA) is 61.8 Å². The highest BCUT2D eigenvalue weighted by molar-refractivity contribution is 5.78. The number of likely N-dealkylation sites (tertiary alicyclic amines) is 1. The summed E-state index contributed by atoms with van der Waals surface area (Å²) in [5.41, 5.74) is 0.584. The van der Waals surface area contributed by atoms with E-state index in [1.54, 1.807) is 7.11 Å². The Morgan fingerprint density at radius 2 is 1.83 bits per heavy atom. The molecular formula is C24H36N2O3. The van der Waals surface area contributed by atoms with E-state index < -0.39 is 5.60 Å². The van der Waals surface area contributed by atoms with Crippen LogP contribution in [0.4, 0.5) is 0 Å². The lowest BCUT2D eigenvalue weighted by Gasteiger charge is -2.52. The number of methoxy groups -OCH3 is 1. The molecule has 0 spiro atoms. The first kappa shape index (κ1) is 20.7. The molecular weight excluding hydrogens is 364 g/mol. The van der Waals surface area contributed by atoms with E-state index in [2.05, 4.69) is 22.3 Å². The van der Waals surface area contributed by atoms with Gasteiger partial charge in [-0.25, -0.2) is 0 Å². The Morgan fingerprint density at radius 1 is 1.10 bits per heavy atom. The van der Waals surface area contributed by atoms with Gasteiger partial charge >= 0.3 is 0 Å². The SMILES string of the molecule is COc1ccc([C@H]2[C@@H]3CCCC[C@]3(O)CCN2CC(=O)NC2CCCCC2)cc1. The monoisotopic (exact) mass is 400 g/mol. The first-order valence-electron chi connectivity index (χ1n) is 11.5. The number of hydrogen-bond acceptors (Lipinski definition) is 4. The van der Waals surface area contributed by atoms with Crippen molar-refractivity contribution in [1.29, 1.82) is 0 Å². The average Bonchev–Trinajstić information content (AvgIpc) is 2.74. The molecule has 1 aliphatic heterocycles. The third-order valence-corrected chi connectivity index (χ3v) is 7.45. The van der Waals surface area contributed by atoms with Crippen LogP contribution in [0.5, 0.6) is 5.75 Å². The van der Waals surface area contributed by atoms with Gasteiger partial charge in [0.25, 0.3) is 0 Å². The molecule has 2 saturated carbocycles. The van der Waals surface area contributed by atoms with E-state index in [1.807, 2.05) is 12.1 Å². The Balaban J connectivity index is 1.52. The van der Waals surface area contributed by atoms with Crippen LogP contribution in [-0.4, -0.2) is 47.8 Å². The zero-order valence-electron chi connectivity index (χ0n) is 17.7. The van der Waals surface area contributed by atoms with Crippen molar-refractivity contribution < 1.29 is 14.6 Å². The number of hydrogen-bond donors (Lipinski definition) is 2. The Hall–Kier alpha value is -1.59. The van der Waals surface area contributed by atoms with Gasteiger partial charge in [-0.2, -0.15) is 0 Å². The fourth-order valence-corrected chi connectivity index (χ4v) is 5.87. The molecule has 160 valence electrons. The van der Waals surface area contributed by atoms with Gasteiger partial charge in [0.05, 0.1) is 19.3 Å². The summed E-state index contributed by atoms with van der Waals surface area (Å²) in [5.74, 6) is 1.16.